The molecule has 1 aliphatic carbocycles. The number of aromatic amines is 1. The number of carboxylic acid groups (broad SMARTS) is 1. The second-order valence-corrected chi connectivity index (χ2v) is 13.1. The third kappa shape index (κ3) is 10.1. The van der Waals surface area contributed by atoms with Crippen LogP contribution in [0.1, 0.15) is 69.1 Å². The molecule has 4 rings (SSSR count). The van der Waals surface area contributed by atoms with E-state index >= 15 is 0 Å². The molecular formula is C36H44N4O9. The average Bonchev–Trinajstić information content (AvgIpc) is 3.35. The molecule has 3 aromatic rings. The van der Waals surface area contributed by atoms with Gasteiger partial charge in [-0.1, -0.05) is 55.0 Å². The predicted octanol–water partition coefficient (Wildman–Crippen LogP) is 3.91. The molecule has 13 heteroatoms. The Morgan fingerprint density at radius 2 is 1.49 bits per heavy atom. The lowest BCUT2D eigenvalue weighted by Gasteiger charge is -2.27. The SMILES string of the molecule is Cc1cn(CC(=O)N(CCN(CCCCCC(=O)OC(C)(C)C)C(=O)OCC2c3ccccc3-c3ccccc32)CC(=O)O)c(=O)[nH]c1=O. The summed E-state index contributed by atoms with van der Waals surface area (Å²) in [6.45, 7) is 5.84. The van der Waals surface area contributed by atoms with Crippen molar-refractivity contribution < 1.29 is 33.8 Å². The van der Waals surface area contributed by atoms with Crippen LogP contribution in [0.4, 0.5) is 4.79 Å². The van der Waals surface area contributed by atoms with E-state index in [0.29, 0.717) is 19.3 Å². The van der Waals surface area contributed by atoms with Gasteiger partial charge >= 0.3 is 23.7 Å². The number of nitrogens with one attached hydrogen (secondary N) is 1. The largest absolute Gasteiger partial charge is 0.480 e. The van der Waals surface area contributed by atoms with Crippen LogP contribution in [0, 0.1) is 6.92 Å². The minimum absolute atomic E-state index is 0.0404. The van der Waals surface area contributed by atoms with E-state index in [2.05, 4.69) is 4.98 Å². The number of carboxylic acids is 1. The normalized spacial score (nSPS) is 12.2. The van der Waals surface area contributed by atoms with Crippen LogP contribution in [0.3, 0.4) is 0 Å². The number of unbranched alkanes of at least 4 members (excludes halogenated alkanes) is 2. The lowest BCUT2D eigenvalue weighted by Crippen LogP contribution is -2.46. The van der Waals surface area contributed by atoms with Gasteiger partial charge in [-0.15, -0.1) is 0 Å². The summed E-state index contributed by atoms with van der Waals surface area (Å²) >= 11 is 0. The van der Waals surface area contributed by atoms with E-state index in [9.17, 15) is 33.9 Å². The highest BCUT2D eigenvalue weighted by molar-refractivity contribution is 5.81. The standard InChI is InChI=1S/C36H44N4O9/c1-24-20-40(34(46)37-33(24)45)21-30(41)39(22-31(42)43)19-18-38(17-11-5-6-16-32(44)49-36(2,3)4)35(47)48-23-29-27-14-9-7-12-25(27)26-13-8-10-15-28(26)29/h7-10,12-15,20,29H,5-6,11,16-19,21-23H2,1-4H3,(H,42,43)(H,37,45,46). The minimum atomic E-state index is -1.27. The number of aromatic nitrogens is 2. The number of aliphatic carboxylic acids is 1. The summed E-state index contributed by atoms with van der Waals surface area (Å²) in [6.07, 6.45) is 2.52. The monoisotopic (exact) mass is 676 g/mol. The van der Waals surface area contributed by atoms with E-state index in [-0.39, 0.29) is 50.1 Å². The van der Waals surface area contributed by atoms with Gasteiger partial charge < -0.3 is 24.4 Å². The number of hydrogen-bond donors (Lipinski definition) is 2. The van der Waals surface area contributed by atoms with Crippen LogP contribution in [0.2, 0.25) is 0 Å². The van der Waals surface area contributed by atoms with Gasteiger partial charge in [0.1, 0.15) is 25.3 Å². The molecule has 0 saturated heterocycles. The molecule has 1 aliphatic rings. The molecule has 0 spiro atoms. The Kier molecular flexibility index (Phi) is 12.2. The molecule has 262 valence electrons. The summed E-state index contributed by atoms with van der Waals surface area (Å²) in [4.78, 5) is 79.3. The topological polar surface area (TPSA) is 168 Å². The van der Waals surface area contributed by atoms with Crippen LogP contribution < -0.4 is 11.2 Å². The van der Waals surface area contributed by atoms with E-state index in [4.69, 9.17) is 9.47 Å². The molecule has 1 heterocycles. The van der Waals surface area contributed by atoms with Crippen molar-refractivity contribution in [3.05, 3.63) is 92.3 Å². The summed E-state index contributed by atoms with van der Waals surface area (Å²) < 4.78 is 12.2. The molecule has 0 radical (unpaired) electrons. The lowest BCUT2D eigenvalue weighted by atomic mass is 9.98. The summed E-state index contributed by atoms with van der Waals surface area (Å²) in [5.74, 6) is -2.43. The van der Waals surface area contributed by atoms with Crippen molar-refractivity contribution in [2.75, 3.05) is 32.8 Å². The van der Waals surface area contributed by atoms with E-state index < -0.39 is 47.9 Å². The summed E-state index contributed by atoms with van der Waals surface area (Å²) in [7, 11) is 0. The van der Waals surface area contributed by atoms with Crippen molar-refractivity contribution >= 4 is 23.9 Å². The molecule has 2 N–H and O–H groups in total. The Morgan fingerprint density at radius 1 is 0.878 bits per heavy atom. The van der Waals surface area contributed by atoms with Crippen LogP contribution >= 0.6 is 0 Å². The van der Waals surface area contributed by atoms with E-state index in [0.717, 1.165) is 31.7 Å². The Hall–Kier alpha value is -5.20. The Balaban J connectivity index is 1.45. The molecule has 0 fully saturated rings. The van der Waals surface area contributed by atoms with Crippen molar-refractivity contribution in [1.82, 2.24) is 19.4 Å². The average molecular weight is 677 g/mol. The molecule has 0 atom stereocenters. The molecule has 0 unspecified atom stereocenters. The van der Waals surface area contributed by atoms with Crippen molar-refractivity contribution in [2.24, 2.45) is 0 Å². The quantitative estimate of drug-likeness (QED) is 0.179. The van der Waals surface area contributed by atoms with Crippen molar-refractivity contribution in [2.45, 2.75) is 71.4 Å². The number of esters is 1. The number of ether oxygens (including phenoxy) is 2. The molecule has 2 aromatic carbocycles. The van der Waals surface area contributed by atoms with Gasteiger partial charge in [0, 0.05) is 43.7 Å². The van der Waals surface area contributed by atoms with Crippen LogP contribution in [-0.2, 0) is 30.4 Å². The molecule has 13 nitrogen and oxygen atoms in total. The number of amides is 2. The molecule has 49 heavy (non-hydrogen) atoms. The molecule has 2 amide bonds. The fourth-order valence-corrected chi connectivity index (χ4v) is 5.80. The summed E-state index contributed by atoms with van der Waals surface area (Å²) in [5, 5.41) is 9.54. The minimum Gasteiger partial charge on any atom is -0.480 e. The van der Waals surface area contributed by atoms with Gasteiger partial charge in [-0.25, -0.2) is 9.59 Å². The van der Waals surface area contributed by atoms with Gasteiger partial charge in [0.2, 0.25) is 5.91 Å². The predicted molar refractivity (Wildman–Crippen MR) is 181 cm³/mol. The molecule has 0 saturated carbocycles. The highest BCUT2D eigenvalue weighted by atomic mass is 16.6. The zero-order valence-corrected chi connectivity index (χ0v) is 28.4. The van der Waals surface area contributed by atoms with Gasteiger partial charge in [-0.3, -0.25) is 28.7 Å². The van der Waals surface area contributed by atoms with E-state index in [1.807, 2.05) is 48.5 Å². The zero-order valence-electron chi connectivity index (χ0n) is 28.4. The molecule has 0 bridgehead atoms. The second-order valence-electron chi connectivity index (χ2n) is 13.1. The van der Waals surface area contributed by atoms with Crippen LogP contribution in [0.25, 0.3) is 11.1 Å². The van der Waals surface area contributed by atoms with Gasteiger partial charge in [-0.2, -0.15) is 0 Å². The maximum atomic E-state index is 13.6. The van der Waals surface area contributed by atoms with Crippen LogP contribution in [0.5, 0.6) is 0 Å². The maximum absolute atomic E-state index is 13.6. The van der Waals surface area contributed by atoms with Gasteiger partial charge in [0.15, 0.2) is 0 Å². The number of rotatable bonds is 15. The van der Waals surface area contributed by atoms with Gasteiger partial charge in [0.25, 0.3) is 5.56 Å². The highest BCUT2D eigenvalue weighted by Gasteiger charge is 2.30. The first-order valence-electron chi connectivity index (χ1n) is 16.3. The zero-order chi connectivity index (χ0) is 35.7. The number of fused-ring (bicyclic) bond motifs is 3. The fourth-order valence-electron chi connectivity index (χ4n) is 5.80. The number of aryl methyl sites for hydroxylation is 1. The Morgan fingerprint density at radius 3 is 2.10 bits per heavy atom. The Bertz CT molecular complexity index is 1740. The third-order valence-corrected chi connectivity index (χ3v) is 8.14. The smallest absolute Gasteiger partial charge is 0.409 e. The van der Waals surface area contributed by atoms with Crippen LogP contribution in [-0.4, -0.2) is 86.8 Å². The van der Waals surface area contributed by atoms with Crippen molar-refractivity contribution in [3.63, 3.8) is 0 Å². The molecular weight excluding hydrogens is 632 g/mol. The summed E-state index contributed by atoms with van der Waals surface area (Å²) in [5.41, 5.74) is 2.52. The van der Waals surface area contributed by atoms with Gasteiger partial charge in [-0.05, 0) is 62.8 Å². The highest BCUT2D eigenvalue weighted by Crippen LogP contribution is 2.44. The first kappa shape index (κ1) is 36.6. The van der Waals surface area contributed by atoms with Crippen molar-refractivity contribution in [3.8, 4) is 11.1 Å². The van der Waals surface area contributed by atoms with Crippen molar-refractivity contribution in [1.29, 1.82) is 0 Å². The maximum Gasteiger partial charge on any atom is 0.409 e. The number of hydrogen-bond acceptors (Lipinski definition) is 8. The second kappa shape index (κ2) is 16.3. The molecule has 1 aromatic heterocycles. The molecule has 0 aliphatic heterocycles. The van der Waals surface area contributed by atoms with Crippen LogP contribution in [0.15, 0.2) is 64.3 Å². The number of benzene rings is 2. The van der Waals surface area contributed by atoms with E-state index in [1.165, 1.54) is 18.0 Å². The van der Waals surface area contributed by atoms with E-state index in [1.54, 1.807) is 20.8 Å². The lowest BCUT2D eigenvalue weighted by molar-refractivity contribution is -0.155. The first-order valence-corrected chi connectivity index (χ1v) is 16.3. The number of H-pyrrole nitrogens is 1. The summed E-state index contributed by atoms with van der Waals surface area (Å²) in [6, 6.07) is 15.9. The fraction of sp³-hybridized carbons (Fsp3) is 0.444. The first-order chi connectivity index (χ1) is 23.2. The Labute approximate surface area is 284 Å². The number of carbonyl (C=O) groups excluding carboxylic acids is 3. The third-order valence-electron chi connectivity index (χ3n) is 8.14. The number of nitrogens with zero attached hydrogens (tertiary/aromatic N) is 3. The number of carbonyl (C=O) groups is 4. The van der Waals surface area contributed by atoms with Gasteiger partial charge in [0.05, 0.1) is 0 Å².